The first-order valence-corrected chi connectivity index (χ1v) is 9.46. The number of aliphatic imine (C=N–C) groups is 1. The van der Waals surface area contributed by atoms with E-state index in [4.69, 9.17) is 0 Å². The highest BCUT2D eigenvalue weighted by Crippen LogP contribution is 2.28. The molecule has 1 aliphatic rings. The predicted molar refractivity (Wildman–Crippen MR) is 101 cm³/mol. The highest BCUT2D eigenvalue weighted by Gasteiger charge is 2.29. The average molecular weight is 334 g/mol. The summed E-state index contributed by atoms with van der Waals surface area (Å²) in [6, 6.07) is 0. The van der Waals surface area contributed by atoms with Gasteiger partial charge in [-0.1, -0.05) is 26.7 Å². The third kappa shape index (κ3) is 4.11. The molecule has 0 spiro atoms. The minimum absolute atomic E-state index is 0.821. The smallest absolute Gasteiger partial charge is 0.193 e. The van der Waals surface area contributed by atoms with Gasteiger partial charge in [-0.2, -0.15) is 5.10 Å². The fourth-order valence-corrected chi connectivity index (χ4v) is 4.13. The maximum Gasteiger partial charge on any atom is 0.193 e. The summed E-state index contributed by atoms with van der Waals surface area (Å²) in [5.74, 6) is 2.73. The maximum atomic E-state index is 4.51. The van der Waals surface area contributed by atoms with Crippen LogP contribution in [-0.2, 0) is 13.5 Å². The number of aromatic nitrogens is 2. The molecule has 1 aromatic heterocycles. The molecule has 1 unspecified atom stereocenters. The van der Waals surface area contributed by atoms with Crippen molar-refractivity contribution in [2.75, 3.05) is 26.7 Å². The molecule has 0 radical (unpaired) electrons. The van der Waals surface area contributed by atoms with Crippen molar-refractivity contribution in [1.82, 2.24) is 20.0 Å². The molecule has 0 amide bonds. The Morgan fingerprint density at radius 3 is 2.58 bits per heavy atom. The van der Waals surface area contributed by atoms with Gasteiger partial charge in [-0.25, -0.2) is 0 Å². The van der Waals surface area contributed by atoms with Crippen LogP contribution in [0.1, 0.15) is 50.1 Å². The van der Waals surface area contributed by atoms with Crippen LogP contribution in [0.2, 0.25) is 0 Å². The molecule has 0 bridgehead atoms. The monoisotopic (exact) mass is 333 g/mol. The zero-order valence-electron chi connectivity index (χ0n) is 16.4. The topological polar surface area (TPSA) is 45.4 Å². The molecule has 0 aromatic carbocycles. The van der Waals surface area contributed by atoms with Crippen molar-refractivity contribution < 1.29 is 0 Å². The van der Waals surface area contributed by atoms with Crippen LogP contribution in [0.25, 0.3) is 0 Å². The van der Waals surface area contributed by atoms with Crippen molar-refractivity contribution in [3.05, 3.63) is 17.0 Å². The first-order chi connectivity index (χ1) is 11.5. The van der Waals surface area contributed by atoms with E-state index in [1.54, 1.807) is 0 Å². The van der Waals surface area contributed by atoms with E-state index in [1.165, 1.54) is 30.5 Å². The lowest BCUT2D eigenvalue weighted by Crippen LogP contribution is -2.41. The highest BCUT2D eigenvalue weighted by atomic mass is 15.3. The third-order valence-corrected chi connectivity index (χ3v) is 5.77. The number of guanidine groups is 1. The Kier molecular flexibility index (Phi) is 6.69. The third-order valence-electron chi connectivity index (χ3n) is 5.77. The van der Waals surface area contributed by atoms with E-state index in [1.807, 2.05) is 18.8 Å². The summed E-state index contributed by atoms with van der Waals surface area (Å²) in [4.78, 5) is 6.94. The van der Waals surface area contributed by atoms with E-state index in [-0.39, 0.29) is 0 Å². The van der Waals surface area contributed by atoms with Gasteiger partial charge in [-0.15, -0.1) is 0 Å². The van der Waals surface area contributed by atoms with Crippen molar-refractivity contribution in [3.8, 4) is 0 Å². The molecule has 0 aliphatic carbocycles. The summed E-state index contributed by atoms with van der Waals surface area (Å²) in [6.07, 6.45) is 4.88. The van der Waals surface area contributed by atoms with Gasteiger partial charge in [0, 0.05) is 39.4 Å². The number of nitrogens with zero attached hydrogens (tertiary/aromatic N) is 4. The number of rotatable bonds is 6. The normalized spacial score (nSPS) is 18.7. The van der Waals surface area contributed by atoms with Crippen molar-refractivity contribution in [2.45, 2.75) is 53.4 Å². The molecule has 24 heavy (non-hydrogen) atoms. The summed E-state index contributed by atoms with van der Waals surface area (Å²) >= 11 is 0. The molecule has 1 atom stereocenters. The summed E-state index contributed by atoms with van der Waals surface area (Å²) in [6.45, 7) is 12.1. The minimum atomic E-state index is 0.821. The lowest BCUT2D eigenvalue weighted by Gasteiger charge is -2.24. The second kappa shape index (κ2) is 8.54. The molecule has 2 rings (SSSR count). The Labute approximate surface area is 147 Å². The van der Waals surface area contributed by atoms with Crippen LogP contribution in [0, 0.1) is 25.7 Å². The summed E-state index contributed by atoms with van der Waals surface area (Å²) in [7, 11) is 3.91. The van der Waals surface area contributed by atoms with Gasteiger partial charge in [0.1, 0.15) is 0 Å². The second-order valence-electron chi connectivity index (χ2n) is 7.07. The van der Waals surface area contributed by atoms with Crippen molar-refractivity contribution in [2.24, 2.45) is 23.9 Å². The Morgan fingerprint density at radius 2 is 2.04 bits per heavy atom. The molecule has 1 aliphatic heterocycles. The van der Waals surface area contributed by atoms with Gasteiger partial charge in [0.2, 0.25) is 0 Å². The lowest BCUT2D eigenvalue weighted by molar-refractivity contribution is 0.319. The van der Waals surface area contributed by atoms with Crippen LogP contribution in [0.5, 0.6) is 0 Å². The number of nitrogens with one attached hydrogen (secondary N) is 1. The molecule has 5 heteroatoms. The van der Waals surface area contributed by atoms with Crippen LogP contribution < -0.4 is 5.32 Å². The first kappa shape index (κ1) is 18.8. The van der Waals surface area contributed by atoms with E-state index < -0.39 is 0 Å². The van der Waals surface area contributed by atoms with Crippen molar-refractivity contribution in [3.63, 3.8) is 0 Å². The number of hydrogen-bond acceptors (Lipinski definition) is 2. The van der Waals surface area contributed by atoms with Gasteiger partial charge in [0.05, 0.1) is 5.69 Å². The zero-order valence-corrected chi connectivity index (χ0v) is 16.4. The molecule has 136 valence electrons. The van der Waals surface area contributed by atoms with Crippen molar-refractivity contribution >= 4 is 5.96 Å². The van der Waals surface area contributed by atoms with E-state index in [2.05, 4.69) is 48.0 Å². The molecular weight excluding hydrogens is 298 g/mol. The van der Waals surface area contributed by atoms with Gasteiger partial charge in [-0.3, -0.25) is 9.67 Å². The van der Waals surface area contributed by atoms with Crippen LogP contribution in [0.4, 0.5) is 0 Å². The second-order valence-corrected chi connectivity index (χ2v) is 7.07. The van der Waals surface area contributed by atoms with Crippen LogP contribution in [-0.4, -0.2) is 47.3 Å². The molecule has 1 N–H and O–H groups in total. The largest absolute Gasteiger partial charge is 0.356 e. The van der Waals surface area contributed by atoms with E-state index in [0.29, 0.717) is 0 Å². The Morgan fingerprint density at radius 1 is 1.33 bits per heavy atom. The van der Waals surface area contributed by atoms with Crippen molar-refractivity contribution in [1.29, 1.82) is 0 Å². The fourth-order valence-electron chi connectivity index (χ4n) is 4.13. The molecule has 1 saturated heterocycles. The molecule has 1 aromatic rings. The molecule has 2 heterocycles. The van der Waals surface area contributed by atoms with Gasteiger partial charge in [0.25, 0.3) is 0 Å². The average Bonchev–Trinajstić information content (AvgIpc) is 3.13. The maximum absolute atomic E-state index is 4.51. The summed E-state index contributed by atoms with van der Waals surface area (Å²) in [5.41, 5.74) is 3.76. The summed E-state index contributed by atoms with van der Waals surface area (Å²) < 4.78 is 1.97. The van der Waals surface area contributed by atoms with Crippen LogP contribution in [0.15, 0.2) is 4.99 Å². The van der Waals surface area contributed by atoms with Crippen LogP contribution in [0.3, 0.4) is 0 Å². The van der Waals surface area contributed by atoms with Gasteiger partial charge >= 0.3 is 0 Å². The molecule has 1 fully saturated rings. The van der Waals surface area contributed by atoms with Gasteiger partial charge in [-0.05, 0) is 44.1 Å². The molecule has 5 nitrogen and oxygen atoms in total. The first-order valence-electron chi connectivity index (χ1n) is 9.46. The highest BCUT2D eigenvalue weighted by molar-refractivity contribution is 5.80. The van der Waals surface area contributed by atoms with E-state index in [9.17, 15) is 0 Å². The van der Waals surface area contributed by atoms with E-state index in [0.717, 1.165) is 49.5 Å². The Bertz CT molecular complexity index is 556. The summed E-state index contributed by atoms with van der Waals surface area (Å²) in [5, 5.41) is 8.06. The number of aryl methyl sites for hydroxylation is 2. The van der Waals surface area contributed by atoms with Gasteiger partial charge < -0.3 is 10.2 Å². The van der Waals surface area contributed by atoms with Gasteiger partial charge in [0.15, 0.2) is 5.96 Å². The minimum Gasteiger partial charge on any atom is -0.356 e. The zero-order chi connectivity index (χ0) is 17.7. The standard InChI is InChI=1S/C19H35N5/c1-7-16(8-2)17-10-12-24(13-17)19(20-5)21-11-9-18-14(3)22-23(6)15(18)4/h16-17H,7-13H2,1-6H3,(H,20,21). The number of likely N-dealkylation sites (tertiary alicyclic amines) is 1. The fraction of sp³-hybridized carbons (Fsp3) is 0.789. The lowest BCUT2D eigenvalue weighted by atomic mass is 9.87. The molecule has 0 saturated carbocycles. The molecular formula is C19H35N5. The quantitative estimate of drug-likeness (QED) is 0.643. The SMILES string of the molecule is CCC(CC)C1CCN(C(=NC)NCCc2c(C)nn(C)c2C)C1. The van der Waals surface area contributed by atoms with Crippen LogP contribution >= 0.6 is 0 Å². The number of hydrogen-bond donors (Lipinski definition) is 1. The Balaban J connectivity index is 1.87. The Hall–Kier alpha value is -1.52. The predicted octanol–water partition coefficient (Wildman–Crippen LogP) is 2.91. The van der Waals surface area contributed by atoms with E-state index >= 15 is 0 Å².